The molecule has 0 spiro atoms. The van der Waals surface area contributed by atoms with Gasteiger partial charge < -0.3 is 10.2 Å². The molecule has 0 heterocycles. The third-order valence-corrected chi connectivity index (χ3v) is 2.49. The van der Waals surface area contributed by atoms with E-state index in [1.807, 2.05) is 11.9 Å². The number of hydrogen-bond acceptors (Lipinski definition) is 6. The molecule has 2 atom stereocenters. The summed E-state index contributed by atoms with van der Waals surface area (Å²) in [5, 5.41) is 24.2. The molecule has 6 nitrogen and oxygen atoms in total. The van der Waals surface area contributed by atoms with Crippen LogP contribution in [0.3, 0.4) is 0 Å². The van der Waals surface area contributed by atoms with Gasteiger partial charge in [-0.05, 0) is 46.1 Å². The van der Waals surface area contributed by atoms with Gasteiger partial charge in [0.15, 0.2) is 0 Å². The van der Waals surface area contributed by atoms with Gasteiger partial charge in [-0.2, -0.15) is 0 Å². The fourth-order valence-corrected chi connectivity index (χ4v) is 1.15. The van der Waals surface area contributed by atoms with Crippen LogP contribution in [0.2, 0.25) is 0 Å². The summed E-state index contributed by atoms with van der Waals surface area (Å²) in [6, 6.07) is 0. The Kier molecular flexibility index (Phi) is 10.8. The molecule has 0 fully saturated rings. The van der Waals surface area contributed by atoms with E-state index >= 15 is 0 Å². The third-order valence-electron chi connectivity index (χ3n) is 2.49. The van der Waals surface area contributed by atoms with Gasteiger partial charge in [0.1, 0.15) is 12.5 Å². The number of allylic oxidation sites excluding steroid dienone is 1. The minimum atomic E-state index is -0.625. The van der Waals surface area contributed by atoms with Crippen molar-refractivity contribution in [3.05, 3.63) is 12.2 Å². The molecule has 0 saturated heterocycles. The fourth-order valence-electron chi connectivity index (χ4n) is 1.15. The second kappa shape index (κ2) is 11.3. The van der Waals surface area contributed by atoms with Gasteiger partial charge >= 0.3 is 0 Å². The van der Waals surface area contributed by atoms with Crippen molar-refractivity contribution in [1.29, 1.82) is 0 Å². The van der Waals surface area contributed by atoms with Crippen LogP contribution in [0.4, 0.5) is 0 Å². The maximum absolute atomic E-state index is 9.23. The lowest BCUT2D eigenvalue weighted by atomic mass is 10.4. The zero-order valence-electron chi connectivity index (χ0n) is 11.5. The number of hydrogen-bond donors (Lipinski definition) is 4. The van der Waals surface area contributed by atoms with Crippen LogP contribution in [0.15, 0.2) is 17.1 Å². The number of nitrogens with one attached hydrogen (secondary N) is 2. The highest BCUT2D eigenvalue weighted by Gasteiger charge is 2.02. The van der Waals surface area contributed by atoms with E-state index in [1.165, 1.54) is 0 Å². The van der Waals surface area contributed by atoms with Crippen molar-refractivity contribution in [2.24, 2.45) is 4.99 Å². The van der Waals surface area contributed by atoms with E-state index in [0.29, 0.717) is 6.67 Å². The van der Waals surface area contributed by atoms with Crippen LogP contribution >= 0.6 is 0 Å². The quantitative estimate of drug-likeness (QED) is 0.238. The average molecular weight is 258 g/mol. The molecule has 0 radical (unpaired) electrons. The van der Waals surface area contributed by atoms with Gasteiger partial charge in [0.25, 0.3) is 0 Å². The Balaban J connectivity index is 3.40. The minimum absolute atomic E-state index is 0.397. The van der Waals surface area contributed by atoms with Crippen molar-refractivity contribution in [2.45, 2.75) is 25.8 Å². The van der Waals surface area contributed by atoms with Gasteiger partial charge in [0, 0.05) is 12.8 Å². The number of aliphatic imine (C=N–C) groups is 1. The van der Waals surface area contributed by atoms with Crippen molar-refractivity contribution in [1.82, 2.24) is 15.5 Å². The highest BCUT2D eigenvalue weighted by molar-refractivity contribution is 5.70. The first-order chi connectivity index (χ1) is 8.57. The number of rotatable bonds is 10. The van der Waals surface area contributed by atoms with E-state index < -0.39 is 12.5 Å². The zero-order chi connectivity index (χ0) is 13.8. The molecule has 0 rings (SSSR count). The monoisotopic (exact) mass is 258 g/mol. The maximum Gasteiger partial charge on any atom is 0.124 e. The van der Waals surface area contributed by atoms with Crippen molar-refractivity contribution in [3.63, 3.8) is 0 Å². The van der Waals surface area contributed by atoms with Crippen molar-refractivity contribution >= 4 is 6.21 Å². The Morgan fingerprint density at radius 3 is 2.72 bits per heavy atom. The van der Waals surface area contributed by atoms with Gasteiger partial charge in [-0.1, -0.05) is 0 Å². The first-order valence-electron chi connectivity index (χ1n) is 6.19. The van der Waals surface area contributed by atoms with Gasteiger partial charge in [-0.25, -0.2) is 0 Å². The standard InChI is InChI=1S/C12H26N4O2/c1-11(17)16(3)9-5-8-15-10-14-7-4-6-12(18)13-2/h4,6-7,11-13,15,17-18H,5,8-10H2,1-3H3/b6-4+,14-7?. The molecule has 0 aromatic carbocycles. The Labute approximate surface area is 109 Å². The molecule has 18 heavy (non-hydrogen) atoms. The Morgan fingerprint density at radius 2 is 2.11 bits per heavy atom. The third kappa shape index (κ3) is 10.4. The van der Waals surface area contributed by atoms with E-state index in [0.717, 1.165) is 19.5 Å². The van der Waals surface area contributed by atoms with Crippen LogP contribution in [-0.2, 0) is 0 Å². The number of likely N-dealkylation sites (N-methyl/N-ethyl adjacent to an activating group) is 1. The average Bonchev–Trinajstić information content (AvgIpc) is 2.35. The molecule has 0 aromatic rings. The molecule has 0 saturated carbocycles. The first-order valence-corrected chi connectivity index (χ1v) is 6.19. The SMILES string of the molecule is CNC(O)/C=C/C=NCNCCCN(C)C(C)O. The molecule has 4 N–H and O–H groups in total. The Bertz CT molecular complexity index is 244. The van der Waals surface area contributed by atoms with Gasteiger partial charge in [0.05, 0.1) is 6.67 Å². The lowest BCUT2D eigenvalue weighted by molar-refractivity contribution is 0.0379. The molecule has 0 bridgehead atoms. The number of nitrogens with zero attached hydrogens (tertiary/aromatic N) is 2. The Hall–Kier alpha value is -0.790. The molecular weight excluding hydrogens is 232 g/mol. The predicted molar refractivity (Wildman–Crippen MR) is 74.5 cm³/mol. The van der Waals surface area contributed by atoms with E-state index in [4.69, 9.17) is 5.11 Å². The smallest absolute Gasteiger partial charge is 0.124 e. The molecule has 0 aromatic heterocycles. The molecular formula is C12H26N4O2. The molecule has 106 valence electrons. The van der Waals surface area contributed by atoms with Crippen LogP contribution < -0.4 is 10.6 Å². The summed E-state index contributed by atoms with van der Waals surface area (Å²) in [6.07, 6.45) is 4.90. The summed E-state index contributed by atoms with van der Waals surface area (Å²) in [5.41, 5.74) is 0. The lowest BCUT2D eigenvalue weighted by Crippen LogP contribution is -2.31. The van der Waals surface area contributed by atoms with Gasteiger partial charge in [-0.15, -0.1) is 0 Å². The summed E-state index contributed by atoms with van der Waals surface area (Å²) in [6.45, 7) is 4.02. The topological polar surface area (TPSA) is 80.1 Å². The van der Waals surface area contributed by atoms with Crippen LogP contribution in [0.25, 0.3) is 0 Å². The van der Waals surface area contributed by atoms with E-state index in [-0.39, 0.29) is 0 Å². The first kappa shape index (κ1) is 17.2. The predicted octanol–water partition coefficient (Wildman–Crippen LogP) is -0.641. The van der Waals surface area contributed by atoms with Crippen molar-refractivity contribution < 1.29 is 10.2 Å². The fraction of sp³-hybridized carbons (Fsp3) is 0.750. The van der Waals surface area contributed by atoms with Gasteiger partial charge in [0.2, 0.25) is 0 Å². The molecule has 0 aliphatic rings. The zero-order valence-corrected chi connectivity index (χ0v) is 11.5. The lowest BCUT2D eigenvalue weighted by Gasteiger charge is -2.19. The van der Waals surface area contributed by atoms with Crippen molar-refractivity contribution in [3.8, 4) is 0 Å². The van der Waals surface area contributed by atoms with E-state index in [1.54, 1.807) is 32.3 Å². The molecule has 2 unspecified atom stereocenters. The Morgan fingerprint density at radius 1 is 1.39 bits per heavy atom. The molecule has 6 heteroatoms. The van der Waals surface area contributed by atoms with Crippen LogP contribution in [0.1, 0.15) is 13.3 Å². The van der Waals surface area contributed by atoms with Gasteiger partial charge in [-0.3, -0.25) is 20.5 Å². The van der Waals surface area contributed by atoms with E-state index in [9.17, 15) is 5.11 Å². The highest BCUT2D eigenvalue weighted by atomic mass is 16.3. The molecule has 0 aliphatic heterocycles. The summed E-state index contributed by atoms with van der Waals surface area (Å²) in [5.74, 6) is 0. The van der Waals surface area contributed by atoms with E-state index in [2.05, 4.69) is 15.6 Å². The van der Waals surface area contributed by atoms with Crippen LogP contribution in [0.5, 0.6) is 0 Å². The van der Waals surface area contributed by atoms with Crippen molar-refractivity contribution in [2.75, 3.05) is 33.9 Å². The van der Waals surface area contributed by atoms with Crippen LogP contribution in [0, 0.1) is 0 Å². The number of aliphatic hydroxyl groups is 2. The second-order valence-electron chi connectivity index (χ2n) is 4.07. The normalized spacial score (nSPS) is 15.9. The highest BCUT2D eigenvalue weighted by Crippen LogP contribution is 1.91. The second-order valence-corrected chi connectivity index (χ2v) is 4.07. The summed E-state index contributed by atoms with van der Waals surface area (Å²) < 4.78 is 0. The molecule has 0 aliphatic carbocycles. The number of aliphatic hydroxyl groups excluding tert-OH is 2. The summed E-state index contributed by atoms with van der Waals surface area (Å²) in [4.78, 5) is 5.99. The maximum atomic E-state index is 9.23. The summed E-state index contributed by atoms with van der Waals surface area (Å²) in [7, 11) is 3.57. The minimum Gasteiger partial charge on any atom is -0.379 e. The molecule has 0 amide bonds. The van der Waals surface area contributed by atoms with Crippen LogP contribution in [-0.4, -0.2) is 67.6 Å². The summed E-state index contributed by atoms with van der Waals surface area (Å²) >= 11 is 0. The largest absolute Gasteiger partial charge is 0.379 e.